The Morgan fingerprint density at radius 2 is 2.12 bits per heavy atom. The molecule has 1 aliphatic rings. The summed E-state index contributed by atoms with van der Waals surface area (Å²) in [5.74, 6) is -0.0297. The van der Waals surface area contributed by atoms with E-state index in [1.807, 2.05) is 0 Å². The van der Waals surface area contributed by atoms with Gasteiger partial charge < -0.3 is 10.1 Å². The molecular weight excluding hydrogens is 352 g/mol. The standard InChI is InChI=1S/C12H13ClINO2/c13-8-1-2-10(11(14)7-8)12(16)15-9-3-5-17-6-4-9/h1-2,7,9H,3-6H2,(H,15,16). The van der Waals surface area contributed by atoms with Crippen LogP contribution < -0.4 is 5.32 Å². The summed E-state index contributed by atoms with van der Waals surface area (Å²) in [5.41, 5.74) is 0.682. The maximum absolute atomic E-state index is 12.0. The zero-order chi connectivity index (χ0) is 12.3. The summed E-state index contributed by atoms with van der Waals surface area (Å²) in [7, 11) is 0. The molecule has 1 heterocycles. The number of carbonyl (C=O) groups is 1. The summed E-state index contributed by atoms with van der Waals surface area (Å²) < 4.78 is 6.13. The van der Waals surface area contributed by atoms with E-state index in [1.54, 1.807) is 18.2 Å². The van der Waals surface area contributed by atoms with Gasteiger partial charge in [-0.1, -0.05) is 11.6 Å². The van der Waals surface area contributed by atoms with Crippen LogP contribution in [-0.4, -0.2) is 25.2 Å². The molecule has 1 saturated heterocycles. The van der Waals surface area contributed by atoms with E-state index in [9.17, 15) is 4.79 Å². The van der Waals surface area contributed by atoms with Crippen LogP contribution in [0.1, 0.15) is 23.2 Å². The number of carbonyl (C=O) groups excluding carboxylic acids is 1. The molecule has 0 atom stereocenters. The Hall–Kier alpha value is -0.330. The van der Waals surface area contributed by atoms with Gasteiger partial charge in [-0.3, -0.25) is 4.79 Å². The fourth-order valence-electron chi connectivity index (χ4n) is 1.78. The first kappa shape index (κ1) is 13.1. The Balaban J connectivity index is 2.03. The molecule has 92 valence electrons. The highest BCUT2D eigenvalue weighted by molar-refractivity contribution is 14.1. The van der Waals surface area contributed by atoms with Gasteiger partial charge in [-0.05, 0) is 53.6 Å². The van der Waals surface area contributed by atoms with Gasteiger partial charge in [0.05, 0.1) is 5.56 Å². The molecule has 0 radical (unpaired) electrons. The van der Waals surface area contributed by atoms with Crippen LogP contribution in [-0.2, 0) is 4.74 Å². The fraction of sp³-hybridized carbons (Fsp3) is 0.417. The molecule has 1 fully saturated rings. The minimum absolute atomic E-state index is 0.0297. The third-order valence-corrected chi connectivity index (χ3v) is 3.86. The molecule has 0 spiro atoms. The lowest BCUT2D eigenvalue weighted by molar-refractivity contribution is 0.0696. The highest BCUT2D eigenvalue weighted by atomic mass is 127. The van der Waals surface area contributed by atoms with Gasteiger partial charge in [0.2, 0.25) is 0 Å². The molecule has 0 aliphatic carbocycles. The van der Waals surface area contributed by atoms with Crippen molar-refractivity contribution in [3.63, 3.8) is 0 Å². The third-order valence-electron chi connectivity index (χ3n) is 2.73. The largest absolute Gasteiger partial charge is 0.381 e. The number of hydrogen-bond donors (Lipinski definition) is 1. The van der Waals surface area contributed by atoms with E-state index < -0.39 is 0 Å². The molecule has 0 unspecified atom stereocenters. The second-order valence-corrected chi connectivity index (χ2v) is 5.58. The number of nitrogens with one attached hydrogen (secondary N) is 1. The van der Waals surface area contributed by atoms with Crippen molar-refractivity contribution in [1.82, 2.24) is 5.32 Å². The highest BCUT2D eigenvalue weighted by Gasteiger charge is 2.18. The topological polar surface area (TPSA) is 38.3 Å². The second-order valence-electron chi connectivity index (χ2n) is 3.98. The number of amides is 1. The molecule has 3 nitrogen and oxygen atoms in total. The van der Waals surface area contributed by atoms with E-state index in [0.29, 0.717) is 10.6 Å². The number of halogens is 2. The first-order chi connectivity index (χ1) is 8.16. The normalized spacial score (nSPS) is 16.8. The van der Waals surface area contributed by atoms with Crippen molar-refractivity contribution in [2.24, 2.45) is 0 Å². The van der Waals surface area contributed by atoms with Gasteiger partial charge in [0.25, 0.3) is 5.91 Å². The quantitative estimate of drug-likeness (QED) is 0.819. The summed E-state index contributed by atoms with van der Waals surface area (Å²) >= 11 is 7.99. The SMILES string of the molecule is O=C(NC1CCOCC1)c1ccc(Cl)cc1I. The van der Waals surface area contributed by atoms with Gasteiger partial charge in [-0.2, -0.15) is 0 Å². The molecule has 1 aromatic rings. The summed E-state index contributed by atoms with van der Waals surface area (Å²) in [6.07, 6.45) is 1.77. The van der Waals surface area contributed by atoms with Crippen LogP contribution in [0.25, 0.3) is 0 Å². The predicted octanol–water partition coefficient (Wildman–Crippen LogP) is 2.85. The predicted molar refractivity (Wildman–Crippen MR) is 75.5 cm³/mol. The molecule has 0 bridgehead atoms. The monoisotopic (exact) mass is 365 g/mol. The van der Waals surface area contributed by atoms with E-state index in [2.05, 4.69) is 27.9 Å². The number of rotatable bonds is 2. The van der Waals surface area contributed by atoms with Gasteiger partial charge in [0.1, 0.15) is 0 Å². The zero-order valence-electron chi connectivity index (χ0n) is 9.21. The van der Waals surface area contributed by atoms with Crippen molar-refractivity contribution in [1.29, 1.82) is 0 Å². The van der Waals surface area contributed by atoms with Gasteiger partial charge in [0, 0.05) is 27.8 Å². The molecule has 0 saturated carbocycles. The Labute approximate surface area is 119 Å². The van der Waals surface area contributed by atoms with Crippen LogP contribution in [0.2, 0.25) is 5.02 Å². The lowest BCUT2D eigenvalue weighted by Gasteiger charge is -2.23. The summed E-state index contributed by atoms with van der Waals surface area (Å²) in [5, 5.41) is 3.68. The van der Waals surface area contributed by atoms with Gasteiger partial charge in [-0.15, -0.1) is 0 Å². The molecular formula is C12H13ClINO2. The minimum Gasteiger partial charge on any atom is -0.381 e. The van der Waals surface area contributed by atoms with Crippen LogP contribution in [0.4, 0.5) is 0 Å². The molecule has 5 heteroatoms. The van der Waals surface area contributed by atoms with Gasteiger partial charge >= 0.3 is 0 Å². The van der Waals surface area contributed by atoms with Crippen molar-refractivity contribution in [2.75, 3.05) is 13.2 Å². The summed E-state index contributed by atoms with van der Waals surface area (Å²) in [6, 6.07) is 5.52. The Bertz CT molecular complexity index is 419. The maximum atomic E-state index is 12.0. The zero-order valence-corrected chi connectivity index (χ0v) is 12.1. The summed E-state index contributed by atoms with van der Waals surface area (Å²) in [6.45, 7) is 1.45. The molecule has 1 amide bonds. The van der Waals surface area contributed by atoms with Gasteiger partial charge in [0.15, 0.2) is 0 Å². The number of hydrogen-bond acceptors (Lipinski definition) is 2. The Morgan fingerprint density at radius 3 is 2.76 bits per heavy atom. The summed E-state index contributed by atoms with van der Waals surface area (Å²) in [4.78, 5) is 12.0. The first-order valence-electron chi connectivity index (χ1n) is 5.50. The van der Waals surface area contributed by atoms with Crippen LogP contribution in [0, 0.1) is 3.57 Å². The smallest absolute Gasteiger partial charge is 0.252 e. The fourth-order valence-corrected chi connectivity index (χ4v) is 2.90. The lowest BCUT2D eigenvalue weighted by atomic mass is 10.1. The van der Waals surface area contributed by atoms with Crippen molar-refractivity contribution in [2.45, 2.75) is 18.9 Å². The van der Waals surface area contributed by atoms with Crippen LogP contribution in [0.5, 0.6) is 0 Å². The van der Waals surface area contributed by atoms with E-state index in [1.165, 1.54) is 0 Å². The molecule has 1 N–H and O–H groups in total. The average molecular weight is 366 g/mol. The first-order valence-corrected chi connectivity index (χ1v) is 6.96. The van der Waals surface area contributed by atoms with Crippen LogP contribution in [0.15, 0.2) is 18.2 Å². The Morgan fingerprint density at radius 1 is 1.41 bits per heavy atom. The van der Waals surface area contributed by atoms with Crippen molar-refractivity contribution in [3.05, 3.63) is 32.4 Å². The van der Waals surface area contributed by atoms with E-state index >= 15 is 0 Å². The molecule has 0 aromatic heterocycles. The molecule has 2 rings (SSSR count). The maximum Gasteiger partial charge on any atom is 0.252 e. The molecule has 1 aliphatic heterocycles. The van der Waals surface area contributed by atoms with Gasteiger partial charge in [-0.25, -0.2) is 0 Å². The lowest BCUT2D eigenvalue weighted by Crippen LogP contribution is -2.39. The molecule has 1 aromatic carbocycles. The number of benzene rings is 1. The van der Waals surface area contributed by atoms with Crippen LogP contribution in [0.3, 0.4) is 0 Å². The van der Waals surface area contributed by atoms with E-state index in [4.69, 9.17) is 16.3 Å². The third kappa shape index (κ3) is 3.56. The van der Waals surface area contributed by atoms with Crippen molar-refractivity contribution in [3.8, 4) is 0 Å². The highest BCUT2D eigenvalue weighted by Crippen LogP contribution is 2.18. The Kier molecular flexibility index (Phi) is 4.64. The van der Waals surface area contributed by atoms with Crippen molar-refractivity contribution >= 4 is 40.1 Å². The molecule has 17 heavy (non-hydrogen) atoms. The second kappa shape index (κ2) is 6.02. The van der Waals surface area contributed by atoms with Crippen molar-refractivity contribution < 1.29 is 9.53 Å². The van der Waals surface area contributed by atoms with Crippen LogP contribution >= 0.6 is 34.2 Å². The number of ether oxygens (including phenoxy) is 1. The van der Waals surface area contributed by atoms with E-state index in [0.717, 1.165) is 29.6 Å². The minimum atomic E-state index is -0.0297. The van der Waals surface area contributed by atoms with E-state index in [-0.39, 0.29) is 11.9 Å². The average Bonchev–Trinajstić information content (AvgIpc) is 2.30.